The number of rotatable bonds is 4. The average Bonchev–Trinajstić information content (AvgIpc) is 3.01. The summed E-state index contributed by atoms with van der Waals surface area (Å²) in [5, 5.41) is 12.5. The van der Waals surface area contributed by atoms with Crippen molar-refractivity contribution in [1.82, 2.24) is 20.2 Å². The molecule has 130 valence electrons. The van der Waals surface area contributed by atoms with Crippen LogP contribution in [0.3, 0.4) is 0 Å². The number of para-hydroxylation sites is 1. The summed E-state index contributed by atoms with van der Waals surface area (Å²) in [7, 11) is 0. The van der Waals surface area contributed by atoms with Gasteiger partial charge in [-0.2, -0.15) is 0 Å². The first-order valence-electron chi connectivity index (χ1n) is 8.25. The number of thioether (sulfide) groups is 1. The zero-order valence-corrected chi connectivity index (χ0v) is 15.2. The van der Waals surface area contributed by atoms with E-state index < -0.39 is 0 Å². The zero-order valence-electron chi connectivity index (χ0n) is 14.4. The summed E-state index contributed by atoms with van der Waals surface area (Å²) in [4.78, 5) is 20.1. The number of aromatic amines is 1. The number of aromatic nitrogens is 4. The highest BCUT2D eigenvalue weighted by Crippen LogP contribution is 2.25. The van der Waals surface area contributed by atoms with Gasteiger partial charge in [-0.25, -0.2) is 4.98 Å². The van der Waals surface area contributed by atoms with Gasteiger partial charge in [-0.15, -0.1) is 10.2 Å². The number of H-pyrrole nitrogens is 1. The SMILES string of the molecule is Cc1ccc(NC(=O)C(C)Sc2nnc3c(n2)[nH]c2ccccc23)cc1. The second-order valence-corrected chi connectivity index (χ2v) is 7.39. The smallest absolute Gasteiger partial charge is 0.237 e. The van der Waals surface area contributed by atoms with E-state index in [0.29, 0.717) is 10.8 Å². The quantitative estimate of drug-likeness (QED) is 0.537. The Kier molecular flexibility index (Phi) is 4.30. The van der Waals surface area contributed by atoms with Crippen LogP contribution < -0.4 is 5.32 Å². The van der Waals surface area contributed by atoms with E-state index in [-0.39, 0.29) is 11.2 Å². The first kappa shape index (κ1) is 16.5. The molecule has 2 heterocycles. The molecule has 0 aliphatic heterocycles. The van der Waals surface area contributed by atoms with Gasteiger partial charge in [0.1, 0.15) is 5.52 Å². The third-order valence-electron chi connectivity index (χ3n) is 4.07. The number of carbonyl (C=O) groups excluding carboxylic acids is 1. The van der Waals surface area contributed by atoms with Crippen LogP contribution in [0.1, 0.15) is 12.5 Å². The third kappa shape index (κ3) is 3.25. The molecule has 26 heavy (non-hydrogen) atoms. The van der Waals surface area contributed by atoms with Crippen molar-refractivity contribution in [2.75, 3.05) is 5.32 Å². The normalized spacial score (nSPS) is 12.4. The fourth-order valence-corrected chi connectivity index (χ4v) is 3.36. The summed E-state index contributed by atoms with van der Waals surface area (Å²) in [6.45, 7) is 3.83. The zero-order chi connectivity index (χ0) is 18.1. The van der Waals surface area contributed by atoms with Crippen LogP contribution in [0.15, 0.2) is 53.7 Å². The van der Waals surface area contributed by atoms with Gasteiger partial charge < -0.3 is 10.3 Å². The number of anilines is 1. The molecule has 7 heteroatoms. The van der Waals surface area contributed by atoms with Crippen molar-refractivity contribution in [2.45, 2.75) is 24.3 Å². The topological polar surface area (TPSA) is 83.6 Å². The Morgan fingerprint density at radius 1 is 1.12 bits per heavy atom. The molecule has 1 atom stereocenters. The lowest BCUT2D eigenvalue weighted by molar-refractivity contribution is -0.115. The third-order valence-corrected chi connectivity index (χ3v) is 5.02. The molecule has 4 rings (SSSR count). The highest BCUT2D eigenvalue weighted by atomic mass is 32.2. The maximum Gasteiger partial charge on any atom is 0.237 e. The van der Waals surface area contributed by atoms with E-state index in [4.69, 9.17) is 0 Å². The Morgan fingerprint density at radius 3 is 2.69 bits per heavy atom. The minimum atomic E-state index is -0.347. The monoisotopic (exact) mass is 363 g/mol. The molecule has 1 amide bonds. The van der Waals surface area contributed by atoms with E-state index in [0.717, 1.165) is 27.7 Å². The van der Waals surface area contributed by atoms with Crippen molar-refractivity contribution >= 4 is 45.4 Å². The average molecular weight is 363 g/mol. The van der Waals surface area contributed by atoms with Crippen molar-refractivity contribution in [3.63, 3.8) is 0 Å². The van der Waals surface area contributed by atoms with Crippen LogP contribution in [0.2, 0.25) is 0 Å². The molecule has 6 nitrogen and oxygen atoms in total. The molecule has 0 fully saturated rings. The van der Waals surface area contributed by atoms with Gasteiger partial charge in [-0.3, -0.25) is 4.79 Å². The van der Waals surface area contributed by atoms with E-state index >= 15 is 0 Å². The standard InChI is InChI=1S/C19H17N5OS/c1-11-7-9-13(10-8-11)20-18(25)12(2)26-19-22-17-16(23-24-19)14-5-3-4-6-15(14)21-17/h3-10,12H,1-2H3,(H,20,25)(H,21,22,24). The van der Waals surface area contributed by atoms with Crippen molar-refractivity contribution in [2.24, 2.45) is 0 Å². The molecule has 0 aliphatic carbocycles. The van der Waals surface area contributed by atoms with Gasteiger partial charge >= 0.3 is 0 Å². The minimum absolute atomic E-state index is 0.0980. The molecule has 0 radical (unpaired) electrons. The maximum atomic E-state index is 12.4. The lowest BCUT2D eigenvalue weighted by Crippen LogP contribution is -2.22. The number of nitrogens with zero attached hydrogens (tertiary/aromatic N) is 3. The van der Waals surface area contributed by atoms with E-state index in [2.05, 4.69) is 25.5 Å². The number of hydrogen-bond acceptors (Lipinski definition) is 5. The second-order valence-electron chi connectivity index (χ2n) is 6.08. The Morgan fingerprint density at radius 2 is 1.88 bits per heavy atom. The van der Waals surface area contributed by atoms with Crippen LogP contribution in [0.4, 0.5) is 5.69 Å². The fraction of sp³-hybridized carbons (Fsp3) is 0.158. The number of amides is 1. The summed E-state index contributed by atoms with van der Waals surface area (Å²) >= 11 is 1.28. The summed E-state index contributed by atoms with van der Waals surface area (Å²) in [6, 6.07) is 15.6. The molecule has 4 aromatic rings. The van der Waals surface area contributed by atoms with Crippen LogP contribution in [-0.4, -0.2) is 31.3 Å². The van der Waals surface area contributed by atoms with Crippen LogP contribution in [0, 0.1) is 6.92 Å². The predicted octanol–water partition coefficient (Wildman–Crippen LogP) is 3.93. The van der Waals surface area contributed by atoms with Crippen molar-refractivity contribution < 1.29 is 4.79 Å². The van der Waals surface area contributed by atoms with E-state index in [1.165, 1.54) is 11.8 Å². The second kappa shape index (κ2) is 6.76. The Bertz CT molecular complexity index is 1090. The van der Waals surface area contributed by atoms with Gasteiger partial charge in [0.25, 0.3) is 0 Å². The number of fused-ring (bicyclic) bond motifs is 3. The van der Waals surface area contributed by atoms with E-state index in [1.54, 1.807) is 0 Å². The molecule has 2 aromatic carbocycles. The lowest BCUT2D eigenvalue weighted by atomic mass is 10.2. The van der Waals surface area contributed by atoms with Crippen molar-refractivity contribution in [3.05, 3.63) is 54.1 Å². The molecular weight excluding hydrogens is 346 g/mol. The highest BCUT2D eigenvalue weighted by molar-refractivity contribution is 8.00. The lowest BCUT2D eigenvalue weighted by Gasteiger charge is -2.11. The summed E-state index contributed by atoms with van der Waals surface area (Å²) in [5.41, 5.74) is 4.31. The van der Waals surface area contributed by atoms with Crippen molar-refractivity contribution in [3.8, 4) is 0 Å². The molecule has 0 bridgehead atoms. The van der Waals surface area contributed by atoms with Gasteiger partial charge in [-0.05, 0) is 32.0 Å². The number of nitrogens with one attached hydrogen (secondary N) is 2. The first-order chi connectivity index (χ1) is 12.6. The van der Waals surface area contributed by atoms with E-state index in [1.807, 2.05) is 62.4 Å². The first-order valence-corrected chi connectivity index (χ1v) is 9.13. The van der Waals surface area contributed by atoms with Gasteiger partial charge in [0.2, 0.25) is 11.1 Å². The maximum absolute atomic E-state index is 12.4. The van der Waals surface area contributed by atoms with Gasteiger partial charge in [-0.1, -0.05) is 47.7 Å². The van der Waals surface area contributed by atoms with Crippen molar-refractivity contribution in [1.29, 1.82) is 0 Å². The summed E-state index contributed by atoms with van der Waals surface area (Å²) in [5.74, 6) is -0.0980. The largest absolute Gasteiger partial charge is 0.338 e. The molecule has 0 aliphatic rings. The molecular formula is C19H17N5OS. The molecule has 1 unspecified atom stereocenters. The Labute approximate surface area is 154 Å². The van der Waals surface area contributed by atoms with Crippen LogP contribution in [0.5, 0.6) is 0 Å². The van der Waals surface area contributed by atoms with Crippen LogP contribution >= 0.6 is 11.8 Å². The fourth-order valence-electron chi connectivity index (χ4n) is 2.65. The number of carbonyl (C=O) groups is 1. The molecule has 2 N–H and O–H groups in total. The predicted molar refractivity (Wildman–Crippen MR) is 104 cm³/mol. The summed E-state index contributed by atoms with van der Waals surface area (Å²) < 4.78 is 0. The minimum Gasteiger partial charge on any atom is -0.338 e. The highest BCUT2D eigenvalue weighted by Gasteiger charge is 2.17. The number of aryl methyl sites for hydroxylation is 1. The van der Waals surface area contributed by atoms with Crippen LogP contribution in [0.25, 0.3) is 22.1 Å². The van der Waals surface area contributed by atoms with Gasteiger partial charge in [0.15, 0.2) is 5.65 Å². The number of benzene rings is 2. The number of hydrogen-bond donors (Lipinski definition) is 2. The Balaban J connectivity index is 1.51. The van der Waals surface area contributed by atoms with E-state index in [9.17, 15) is 4.79 Å². The van der Waals surface area contributed by atoms with Gasteiger partial charge in [0.05, 0.1) is 5.25 Å². The molecule has 0 saturated heterocycles. The van der Waals surface area contributed by atoms with Gasteiger partial charge in [0, 0.05) is 16.6 Å². The molecule has 0 saturated carbocycles. The van der Waals surface area contributed by atoms with Crippen LogP contribution in [-0.2, 0) is 4.79 Å². The molecule has 0 spiro atoms. The summed E-state index contributed by atoms with van der Waals surface area (Å²) in [6.07, 6.45) is 0. The Hall–Kier alpha value is -2.93. The molecule has 2 aromatic heterocycles.